The third kappa shape index (κ3) is 4.91. The van der Waals surface area contributed by atoms with E-state index in [4.69, 9.17) is 21.1 Å². The summed E-state index contributed by atoms with van der Waals surface area (Å²) in [6.45, 7) is 4.28. The Bertz CT molecular complexity index is 1390. The third-order valence-electron chi connectivity index (χ3n) is 9.23. The lowest BCUT2D eigenvalue weighted by molar-refractivity contribution is -0.142. The van der Waals surface area contributed by atoms with Crippen molar-refractivity contribution in [2.75, 3.05) is 19.0 Å². The standard InChI is InChI=1S/C32H36ClN3O5/c1-18-8-13-24(40-3)23(16-18)35-29(37)26-25-14-15-32(41-25)17-36(31(39)27(26)32)28(20-9-11-21(33)12-10-20)30(38)34-22-7-5-4-6-19(22)2/h8-16,19,22,25-28H,4-7,17H2,1-3H3,(H,34,38)(H,35,37)/t19-,22-,25+,26-,27+,28+,32+/m1/s1. The van der Waals surface area contributed by atoms with Gasteiger partial charge in [-0.1, -0.05) is 61.7 Å². The predicted octanol–water partition coefficient (Wildman–Crippen LogP) is 4.81. The number of ether oxygens (including phenoxy) is 2. The van der Waals surface area contributed by atoms with E-state index in [1.165, 1.54) is 0 Å². The number of hydrogen-bond acceptors (Lipinski definition) is 5. The summed E-state index contributed by atoms with van der Waals surface area (Å²) in [6.07, 6.45) is 7.45. The van der Waals surface area contributed by atoms with Crippen molar-refractivity contribution in [1.29, 1.82) is 0 Å². The monoisotopic (exact) mass is 577 g/mol. The molecule has 8 nitrogen and oxygen atoms in total. The molecule has 41 heavy (non-hydrogen) atoms. The first-order valence-electron chi connectivity index (χ1n) is 14.4. The van der Waals surface area contributed by atoms with Crippen LogP contribution in [0.15, 0.2) is 54.6 Å². The van der Waals surface area contributed by atoms with Crippen molar-refractivity contribution in [3.05, 3.63) is 70.8 Å². The van der Waals surface area contributed by atoms with Crippen LogP contribution >= 0.6 is 11.6 Å². The van der Waals surface area contributed by atoms with Gasteiger partial charge in [-0.15, -0.1) is 0 Å². The molecule has 1 spiro atoms. The van der Waals surface area contributed by atoms with Crippen LogP contribution in [0.25, 0.3) is 0 Å². The van der Waals surface area contributed by atoms with Gasteiger partial charge in [-0.3, -0.25) is 14.4 Å². The van der Waals surface area contributed by atoms with Crippen LogP contribution in [0.4, 0.5) is 5.69 Å². The number of benzene rings is 2. The van der Waals surface area contributed by atoms with Crippen LogP contribution in [0.2, 0.25) is 5.02 Å². The predicted molar refractivity (Wildman–Crippen MR) is 156 cm³/mol. The SMILES string of the molecule is COc1ccc(C)cc1NC(=O)[C@@H]1[C@@H]2C=C[C@@]3(CN([C@H](C(=O)N[C@@H]4CCCC[C@H]4C)c4ccc(Cl)cc4)C(=O)[C@H]13)O2. The molecule has 2 N–H and O–H groups in total. The van der Waals surface area contributed by atoms with Crippen LogP contribution in [0.1, 0.15) is 49.8 Å². The molecule has 0 radical (unpaired) electrons. The molecule has 2 bridgehead atoms. The maximum absolute atomic E-state index is 14.3. The molecule has 2 aromatic carbocycles. The van der Waals surface area contributed by atoms with Gasteiger partial charge in [-0.25, -0.2) is 0 Å². The number of carbonyl (C=O) groups excluding carboxylic acids is 3. The number of anilines is 1. The molecule has 2 saturated heterocycles. The quantitative estimate of drug-likeness (QED) is 0.460. The summed E-state index contributed by atoms with van der Waals surface area (Å²) in [4.78, 5) is 43.6. The van der Waals surface area contributed by atoms with Gasteiger partial charge in [-0.05, 0) is 61.1 Å². The fourth-order valence-electron chi connectivity index (χ4n) is 7.09. The molecular formula is C32H36ClN3O5. The van der Waals surface area contributed by atoms with Gasteiger partial charge in [0.2, 0.25) is 17.7 Å². The molecule has 216 valence electrons. The summed E-state index contributed by atoms with van der Waals surface area (Å²) in [7, 11) is 1.55. The molecule has 3 fully saturated rings. The largest absolute Gasteiger partial charge is 0.495 e. The maximum atomic E-state index is 14.3. The fourth-order valence-corrected chi connectivity index (χ4v) is 7.22. The normalized spacial score (nSPS) is 30.7. The zero-order chi connectivity index (χ0) is 28.9. The Balaban J connectivity index is 1.30. The van der Waals surface area contributed by atoms with E-state index in [0.717, 1.165) is 31.2 Å². The molecule has 9 heteroatoms. The number of amides is 3. The first-order valence-corrected chi connectivity index (χ1v) is 14.8. The average molecular weight is 578 g/mol. The third-order valence-corrected chi connectivity index (χ3v) is 9.48. The topological polar surface area (TPSA) is 97.0 Å². The van der Waals surface area contributed by atoms with Gasteiger partial charge in [0.1, 0.15) is 17.4 Å². The lowest BCUT2D eigenvalue weighted by Gasteiger charge is -2.34. The Hall–Kier alpha value is -3.36. The van der Waals surface area contributed by atoms with Crippen LogP contribution in [0.5, 0.6) is 5.75 Å². The van der Waals surface area contributed by atoms with E-state index < -0.39 is 29.6 Å². The van der Waals surface area contributed by atoms with E-state index in [1.54, 1.807) is 42.3 Å². The number of likely N-dealkylation sites (tertiary alicyclic amines) is 1. The van der Waals surface area contributed by atoms with E-state index in [0.29, 0.717) is 27.9 Å². The second-order valence-electron chi connectivity index (χ2n) is 11.9. The minimum atomic E-state index is -0.969. The van der Waals surface area contributed by atoms with Crippen molar-refractivity contribution in [1.82, 2.24) is 10.2 Å². The molecule has 3 amide bonds. The van der Waals surface area contributed by atoms with Crippen LogP contribution in [0, 0.1) is 24.7 Å². The molecule has 3 aliphatic heterocycles. The average Bonchev–Trinajstić information content (AvgIpc) is 3.59. The van der Waals surface area contributed by atoms with Gasteiger partial charge in [0, 0.05) is 11.1 Å². The van der Waals surface area contributed by atoms with E-state index in [9.17, 15) is 14.4 Å². The second-order valence-corrected chi connectivity index (χ2v) is 12.3. The number of rotatable bonds is 7. The van der Waals surface area contributed by atoms with Crippen LogP contribution in [-0.2, 0) is 19.1 Å². The zero-order valence-corrected chi connectivity index (χ0v) is 24.3. The Morgan fingerprint density at radius 2 is 1.90 bits per heavy atom. The lowest BCUT2D eigenvalue weighted by atomic mass is 9.76. The highest BCUT2D eigenvalue weighted by Crippen LogP contribution is 2.53. The van der Waals surface area contributed by atoms with Crippen molar-refractivity contribution in [2.45, 2.75) is 63.3 Å². The van der Waals surface area contributed by atoms with E-state index in [2.05, 4.69) is 17.6 Å². The van der Waals surface area contributed by atoms with Crippen molar-refractivity contribution in [2.24, 2.45) is 17.8 Å². The Morgan fingerprint density at radius 3 is 2.63 bits per heavy atom. The highest BCUT2D eigenvalue weighted by molar-refractivity contribution is 6.30. The lowest BCUT2D eigenvalue weighted by Crippen LogP contribution is -2.49. The number of halogens is 1. The first kappa shape index (κ1) is 27.8. The molecule has 3 heterocycles. The van der Waals surface area contributed by atoms with E-state index >= 15 is 0 Å². The summed E-state index contributed by atoms with van der Waals surface area (Å²) in [5.41, 5.74) is 1.21. The van der Waals surface area contributed by atoms with Gasteiger partial charge in [0.05, 0.1) is 37.3 Å². The molecule has 0 unspecified atom stereocenters. The van der Waals surface area contributed by atoms with Gasteiger partial charge in [0.15, 0.2) is 0 Å². The number of fused-ring (bicyclic) bond motifs is 1. The Labute approximate surface area is 245 Å². The Morgan fingerprint density at radius 1 is 1.15 bits per heavy atom. The fraction of sp³-hybridized carbons (Fsp3) is 0.469. The summed E-state index contributed by atoms with van der Waals surface area (Å²) < 4.78 is 11.8. The molecule has 1 saturated carbocycles. The number of aryl methyl sites for hydroxylation is 1. The number of carbonyl (C=O) groups is 3. The van der Waals surface area contributed by atoms with Crippen LogP contribution in [-0.4, -0.2) is 54.0 Å². The second kappa shape index (κ2) is 10.8. The summed E-state index contributed by atoms with van der Waals surface area (Å²) in [5.74, 6) is -1.39. The summed E-state index contributed by atoms with van der Waals surface area (Å²) in [6, 6.07) is 11.8. The van der Waals surface area contributed by atoms with Gasteiger partial charge in [0.25, 0.3) is 0 Å². The summed E-state index contributed by atoms with van der Waals surface area (Å²) >= 11 is 6.18. The summed E-state index contributed by atoms with van der Waals surface area (Å²) in [5, 5.41) is 6.78. The number of nitrogens with zero attached hydrogens (tertiary/aromatic N) is 1. The molecule has 1 aliphatic carbocycles. The number of methoxy groups -OCH3 is 1. The molecule has 4 aliphatic rings. The molecular weight excluding hydrogens is 542 g/mol. The van der Waals surface area contributed by atoms with Crippen molar-refractivity contribution in [3.63, 3.8) is 0 Å². The molecule has 0 aromatic heterocycles. The van der Waals surface area contributed by atoms with Crippen LogP contribution in [0.3, 0.4) is 0 Å². The van der Waals surface area contributed by atoms with Gasteiger partial charge in [-0.2, -0.15) is 0 Å². The number of nitrogens with one attached hydrogen (secondary N) is 2. The van der Waals surface area contributed by atoms with Crippen molar-refractivity contribution >= 4 is 35.0 Å². The maximum Gasteiger partial charge on any atom is 0.247 e. The van der Waals surface area contributed by atoms with Crippen molar-refractivity contribution < 1.29 is 23.9 Å². The van der Waals surface area contributed by atoms with Crippen molar-refractivity contribution in [3.8, 4) is 5.75 Å². The first-order chi connectivity index (χ1) is 19.7. The Kier molecular flexibility index (Phi) is 7.32. The number of hydrogen-bond donors (Lipinski definition) is 2. The highest BCUT2D eigenvalue weighted by Gasteiger charge is 2.68. The van der Waals surface area contributed by atoms with E-state index in [1.807, 2.05) is 31.2 Å². The molecule has 6 rings (SSSR count). The minimum Gasteiger partial charge on any atom is -0.495 e. The molecule has 2 aromatic rings. The minimum absolute atomic E-state index is 0.0521. The van der Waals surface area contributed by atoms with Gasteiger partial charge >= 0.3 is 0 Å². The zero-order valence-electron chi connectivity index (χ0n) is 23.6. The van der Waals surface area contributed by atoms with E-state index in [-0.39, 0.29) is 30.3 Å². The highest BCUT2D eigenvalue weighted by atomic mass is 35.5. The molecule has 7 atom stereocenters. The van der Waals surface area contributed by atoms with Gasteiger partial charge < -0.3 is 25.0 Å². The smallest absolute Gasteiger partial charge is 0.247 e. The van der Waals surface area contributed by atoms with Crippen LogP contribution < -0.4 is 15.4 Å².